The van der Waals surface area contributed by atoms with Crippen LogP contribution in [0.1, 0.15) is 11.1 Å². The van der Waals surface area contributed by atoms with Crippen LogP contribution in [0.5, 0.6) is 0 Å². The van der Waals surface area contributed by atoms with E-state index in [1.165, 1.54) is 23.5 Å². The van der Waals surface area contributed by atoms with E-state index in [9.17, 15) is 9.59 Å². The van der Waals surface area contributed by atoms with Crippen LogP contribution in [0.15, 0.2) is 58.5 Å². The maximum absolute atomic E-state index is 12.1. The average Bonchev–Trinajstić information content (AvgIpc) is 3.55. The van der Waals surface area contributed by atoms with Crippen LogP contribution in [-0.2, 0) is 9.59 Å². The van der Waals surface area contributed by atoms with E-state index < -0.39 is 0 Å². The number of hydrogen-bond donors (Lipinski definition) is 4. The van der Waals surface area contributed by atoms with Crippen molar-refractivity contribution in [2.45, 2.75) is 0 Å². The number of amides is 2. The zero-order chi connectivity index (χ0) is 22.9. The minimum absolute atomic E-state index is 0. The molecule has 2 aromatic carbocycles. The Morgan fingerprint density at radius 1 is 0.714 bits per heavy atom. The molecule has 2 aliphatic heterocycles. The third-order valence-corrected chi connectivity index (χ3v) is 7.13. The fourth-order valence-electron chi connectivity index (χ4n) is 3.33. The Kier molecular flexibility index (Phi) is 12.3. The maximum atomic E-state index is 12.1. The molecule has 0 atom stereocenters. The van der Waals surface area contributed by atoms with Crippen molar-refractivity contribution in [2.24, 2.45) is 9.98 Å². The predicted molar refractivity (Wildman–Crippen MR) is 153 cm³/mol. The Morgan fingerprint density at radius 2 is 1.11 bits per heavy atom. The third kappa shape index (κ3) is 8.96. The van der Waals surface area contributed by atoms with E-state index in [2.05, 4.69) is 31.3 Å². The van der Waals surface area contributed by atoms with Crippen molar-refractivity contribution in [3.05, 3.63) is 59.7 Å². The highest BCUT2D eigenvalue weighted by molar-refractivity contribution is 8.16. The van der Waals surface area contributed by atoms with Crippen molar-refractivity contribution in [1.82, 2.24) is 10.6 Å². The van der Waals surface area contributed by atoms with E-state index in [-0.39, 0.29) is 36.6 Å². The SMILES string of the molecule is Cl.Cl.O=C(CSCSCC(=O)Nc1ccc(C2=NCCN2)cc1)Nc1ccc(C2=NCCN2)cc1. The molecule has 0 aliphatic carbocycles. The second kappa shape index (κ2) is 14.9. The Hall–Kier alpha value is -2.40. The molecule has 4 rings (SSSR count). The van der Waals surface area contributed by atoms with Crippen LogP contribution in [0.25, 0.3) is 0 Å². The topological polar surface area (TPSA) is 107 Å². The molecule has 0 aromatic heterocycles. The summed E-state index contributed by atoms with van der Waals surface area (Å²) in [5.41, 5.74) is 3.56. The van der Waals surface area contributed by atoms with Gasteiger partial charge in [-0.15, -0.1) is 48.3 Å². The molecular weight excluding hydrogens is 527 g/mol. The van der Waals surface area contributed by atoms with Gasteiger partial charge >= 0.3 is 0 Å². The predicted octanol–water partition coefficient (Wildman–Crippen LogP) is 3.23. The number of anilines is 2. The second-order valence-corrected chi connectivity index (χ2v) is 9.72. The number of benzene rings is 2. The number of amidine groups is 2. The minimum Gasteiger partial charge on any atom is -0.368 e. The van der Waals surface area contributed by atoms with Gasteiger partial charge in [0.05, 0.1) is 24.6 Å². The molecule has 0 saturated carbocycles. The van der Waals surface area contributed by atoms with Crippen LogP contribution in [0, 0.1) is 0 Å². The molecular formula is C23H28Cl2N6O2S2. The van der Waals surface area contributed by atoms with Gasteiger partial charge in [0, 0.05) is 40.7 Å². The fourth-order valence-corrected chi connectivity index (χ4v) is 4.98. The molecule has 2 aliphatic rings. The molecule has 0 unspecified atom stereocenters. The quantitative estimate of drug-likeness (QED) is 0.265. The molecule has 0 fully saturated rings. The van der Waals surface area contributed by atoms with E-state index >= 15 is 0 Å². The largest absolute Gasteiger partial charge is 0.368 e. The highest BCUT2D eigenvalue weighted by Crippen LogP contribution is 2.16. The highest BCUT2D eigenvalue weighted by atomic mass is 35.5. The Morgan fingerprint density at radius 3 is 1.46 bits per heavy atom. The van der Waals surface area contributed by atoms with Gasteiger partial charge in [0.2, 0.25) is 11.8 Å². The van der Waals surface area contributed by atoms with Crippen molar-refractivity contribution in [3.8, 4) is 0 Å². The molecule has 0 spiro atoms. The number of nitrogens with one attached hydrogen (secondary N) is 4. The summed E-state index contributed by atoms with van der Waals surface area (Å²) in [5, 5.41) is 12.9. The second-order valence-electron chi connectivity index (χ2n) is 7.38. The van der Waals surface area contributed by atoms with Gasteiger partial charge in [0.1, 0.15) is 11.7 Å². The molecule has 2 aromatic rings. The first-order valence-electron chi connectivity index (χ1n) is 10.7. The minimum atomic E-state index is -0.0596. The Bertz CT molecular complexity index is 965. The number of carbonyl (C=O) groups is 2. The number of hydrogen-bond acceptors (Lipinski definition) is 8. The molecule has 12 heteroatoms. The van der Waals surface area contributed by atoms with Gasteiger partial charge in [0.25, 0.3) is 0 Å². The summed E-state index contributed by atoms with van der Waals surface area (Å²) in [5.74, 6) is 2.36. The smallest absolute Gasteiger partial charge is 0.234 e. The van der Waals surface area contributed by atoms with Crippen LogP contribution in [0.3, 0.4) is 0 Å². The van der Waals surface area contributed by atoms with E-state index in [0.717, 1.165) is 60.4 Å². The number of thioether (sulfide) groups is 2. The lowest BCUT2D eigenvalue weighted by Crippen LogP contribution is -2.19. The van der Waals surface area contributed by atoms with Crippen molar-refractivity contribution in [1.29, 1.82) is 0 Å². The van der Waals surface area contributed by atoms with Crippen molar-refractivity contribution < 1.29 is 9.59 Å². The Labute approximate surface area is 225 Å². The molecule has 8 nitrogen and oxygen atoms in total. The maximum Gasteiger partial charge on any atom is 0.234 e. The number of carbonyl (C=O) groups excluding carboxylic acids is 2. The molecule has 0 saturated heterocycles. The number of rotatable bonds is 10. The van der Waals surface area contributed by atoms with Gasteiger partial charge in [-0.1, -0.05) is 0 Å². The van der Waals surface area contributed by atoms with Gasteiger partial charge in [-0.25, -0.2) is 0 Å². The molecule has 4 N–H and O–H groups in total. The van der Waals surface area contributed by atoms with Gasteiger partial charge in [-0.3, -0.25) is 19.6 Å². The molecule has 0 radical (unpaired) electrons. The first kappa shape index (κ1) is 28.8. The highest BCUT2D eigenvalue weighted by Gasteiger charge is 2.10. The molecule has 35 heavy (non-hydrogen) atoms. The lowest BCUT2D eigenvalue weighted by molar-refractivity contribution is -0.114. The monoisotopic (exact) mass is 554 g/mol. The average molecular weight is 556 g/mol. The summed E-state index contributed by atoms with van der Waals surface area (Å²) in [6.07, 6.45) is 0. The van der Waals surface area contributed by atoms with Crippen molar-refractivity contribution in [2.75, 3.05) is 53.4 Å². The van der Waals surface area contributed by atoms with Gasteiger partial charge in [-0.2, -0.15) is 0 Å². The van der Waals surface area contributed by atoms with Gasteiger partial charge < -0.3 is 21.3 Å². The third-order valence-electron chi connectivity index (χ3n) is 4.87. The van der Waals surface area contributed by atoms with E-state index in [0.29, 0.717) is 16.6 Å². The summed E-state index contributed by atoms with van der Waals surface area (Å²) in [6.45, 7) is 3.33. The molecule has 188 valence electrons. The number of aliphatic imine (C=N–C) groups is 2. The number of halogens is 2. The van der Waals surface area contributed by atoms with E-state index in [1.54, 1.807) is 0 Å². The molecule has 2 heterocycles. The van der Waals surface area contributed by atoms with Crippen LogP contribution in [-0.4, -0.2) is 66.3 Å². The summed E-state index contributed by atoms with van der Waals surface area (Å²) < 4.78 is 0. The van der Waals surface area contributed by atoms with E-state index in [4.69, 9.17) is 0 Å². The standard InChI is InChI=1S/C23H26N6O2S2.2ClH/c30-20(28-18-5-1-16(2-6-18)22-24-9-10-25-22)13-32-15-33-14-21(31)29-19-7-3-17(4-8-19)23-26-11-12-27-23;;/h1-8H,9-15H2,(H,24,25)(H,26,27)(H,28,30)(H,29,31);2*1H. The summed E-state index contributed by atoms with van der Waals surface area (Å²) in [4.78, 5) is 33.1. The van der Waals surface area contributed by atoms with Gasteiger partial charge in [0.15, 0.2) is 0 Å². The molecule has 0 bridgehead atoms. The zero-order valence-corrected chi connectivity index (χ0v) is 22.2. The lowest BCUT2D eigenvalue weighted by atomic mass is 10.2. The summed E-state index contributed by atoms with van der Waals surface area (Å²) >= 11 is 2.98. The zero-order valence-electron chi connectivity index (χ0n) is 18.9. The first-order valence-corrected chi connectivity index (χ1v) is 13.0. The summed E-state index contributed by atoms with van der Waals surface area (Å²) in [6, 6.07) is 15.3. The van der Waals surface area contributed by atoms with Crippen LogP contribution in [0.2, 0.25) is 0 Å². The van der Waals surface area contributed by atoms with Crippen LogP contribution >= 0.6 is 48.3 Å². The van der Waals surface area contributed by atoms with Crippen molar-refractivity contribution in [3.63, 3.8) is 0 Å². The van der Waals surface area contributed by atoms with Crippen LogP contribution in [0.4, 0.5) is 11.4 Å². The lowest BCUT2D eigenvalue weighted by Gasteiger charge is -2.08. The van der Waals surface area contributed by atoms with Crippen molar-refractivity contribution >= 4 is 83.2 Å². The van der Waals surface area contributed by atoms with E-state index in [1.807, 2.05) is 48.5 Å². The summed E-state index contributed by atoms with van der Waals surface area (Å²) in [7, 11) is 0. The number of nitrogens with zero attached hydrogens (tertiary/aromatic N) is 2. The normalized spacial score (nSPS) is 13.8. The first-order chi connectivity index (χ1) is 16.2. The molecule has 2 amide bonds. The van der Waals surface area contributed by atoms with Crippen LogP contribution < -0.4 is 21.3 Å². The fraction of sp³-hybridized carbons (Fsp3) is 0.304. The Balaban J connectivity index is 0.00000216. The van der Waals surface area contributed by atoms with Gasteiger partial charge in [-0.05, 0) is 48.5 Å².